The van der Waals surface area contributed by atoms with Crippen molar-refractivity contribution < 1.29 is 8.39 Å². The fraction of sp³-hybridized carbons (Fsp3) is 0.0370. The lowest BCUT2D eigenvalue weighted by atomic mass is 9.96. The van der Waals surface area contributed by atoms with Crippen LogP contribution >= 0.6 is 23.9 Å². The Morgan fingerprint density at radius 2 is 1.55 bits per heavy atom. The summed E-state index contributed by atoms with van der Waals surface area (Å²) in [5, 5.41) is 5.37. The van der Waals surface area contributed by atoms with Gasteiger partial charge in [-0.3, -0.25) is 0 Å². The van der Waals surface area contributed by atoms with Crippen LogP contribution in [0.25, 0.3) is 50.2 Å². The van der Waals surface area contributed by atoms with Crippen molar-refractivity contribution in [3.8, 4) is 5.30 Å². The summed E-state index contributed by atoms with van der Waals surface area (Å²) >= 11 is 3.67. The smallest absolute Gasteiger partial charge is 0.254 e. The van der Waals surface area contributed by atoms with E-state index in [1.807, 2.05) is 49.4 Å². The van der Waals surface area contributed by atoms with Gasteiger partial charge < -0.3 is 8.39 Å². The van der Waals surface area contributed by atoms with Crippen LogP contribution in [0.15, 0.2) is 98.3 Å². The molecule has 5 rings (SSSR count). The van der Waals surface area contributed by atoms with E-state index in [4.69, 9.17) is 8.39 Å². The first-order chi connectivity index (χ1) is 15.2. The Bertz CT molecular complexity index is 1530. The Balaban J connectivity index is 2.08. The minimum absolute atomic E-state index is 0.806. The van der Waals surface area contributed by atoms with Crippen LogP contribution in [0.3, 0.4) is 0 Å². The highest BCUT2D eigenvalue weighted by atomic mass is 79.9. The first-order valence-corrected chi connectivity index (χ1v) is 12.0. The predicted octanol–water partition coefficient (Wildman–Crippen LogP) is 9.87. The number of benzene rings is 4. The van der Waals surface area contributed by atoms with Crippen molar-refractivity contribution in [3.05, 3.63) is 101 Å². The summed E-state index contributed by atoms with van der Waals surface area (Å²) in [5.41, 5.74) is 3.77. The maximum absolute atomic E-state index is 6.57. The van der Waals surface area contributed by atoms with Gasteiger partial charge in [0.05, 0.1) is 5.30 Å². The van der Waals surface area contributed by atoms with Gasteiger partial charge in [0.15, 0.2) is 0 Å². The molecule has 0 fully saturated rings. The first kappa shape index (κ1) is 19.9. The first-order valence-electron chi connectivity index (χ1n) is 10.1. The van der Waals surface area contributed by atoms with E-state index in [0.29, 0.717) is 0 Å². The molecule has 31 heavy (non-hydrogen) atoms. The molecule has 0 amide bonds. The molecule has 1 atom stereocenters. The number of rotatable bonds is 3. The Labute approximate surface area is 190 Å². The second-order valence-corrected chi connectivity index (χ2v) is 9.41. The topological polar surface area (TPSA) is 26.3 Å². The van der Waals surface area contributed by atoms with Crippen molar-refractivity contribution in [1.82, 2.24) is 0 Å². The Morgan fingerprint density at radius 3 is 2.32 bits per heavy atom. The molecule has 1 aromatic heterocycles. The molecule has 4 aromatic carbocycles. The molecule has 152 valence electrons. The van der Waals surface area contributed by atoms with Gasteiger partial charge in [0, 0.05) is 15.2 Å². The van der Waals surface area contributed by atoms with Crippen LogP contribution in [-0.2, 0) is 0 Å². The number of fused-ring (bicyclic) bond motifs is 5. The largest absolute Gasteiger partial charge is 0.416 e. The molecule has 0 aliphatic heterocycles. The lowest BCUT2D eigenvalue weighted by Gasteiger charge is -2.07. The van der Waals surface area contributed by atoms with Gasteiger partial charge in [0.1, 0.15) is 11.2 Å². The average Bonchev–Trinajstić information content (AvgIpc) is 2.96. The molecular weight excluding hydrogens is 467 g/mol. The normalized spacial score (nSPS) is 12.1. The standard InChI is InChI=1S/C27H20BrO2P/c1-3-9-18-14-16-23-26(20(18)4-2)27-21-11-6-5-10-19(21)15-17-24(27)30-31(29-23)25-13-8-7-12-22(25)28/h3-17H,2H2,1H3/b9-3-. The summed E-state index contributed by atoms with van der Waals surface area (Å²) in [7, 11) is -1.38. The van der Waals surface area contributed by atoms with Gasteiger partial charge in [0.2, 0.25) is 0 Å². The number of hydrogen-bond acceptors (Lipinski definition) is 2. The van der Waals surface area contributed by atoms with Crippen molar-refractivity contribution in [2.24, 2.45) is 0 Å². The van der Waals surface area contributed by atoms with Crippen LogP contribution in [0.4, 0.5) is 0 Å². The maximum Gasteiger partial charge on any atom is 0.254 e. The Kier molecular flexibility index (Phi) is 5.31. The van der Waals surface area contributed by atoms with Crippen molar-refractivity contribution in [1.29, 1.82) is 0 Å². The molecule has 1 heterocycles. The summed E-state index contributed by atoms with van der Waals surface area (Å²) in [5.74, 6) is 0. The monoisotopic (exact) mass is 486 g/mol. The van der Waals surface area contributed by atoms with E-state index in [-0.39, 0.29) is 0 Å². The van der Waals surface area contributed by atoms with Gasteiger partial charge in [-0.15, -0.1) is 0 Å². The second kappa shape index (κ2) is 8.26. The predicted molar refractivity (Wildman–Crippen MR) is 138 cm³/mol. The van der Waals surface area contributed by atoms with Crippen molar-refractivity contribution in [2.75, 3.05) is 0 Å². The van der Waals surface area contributed by atoms with Crippen LogP contribution < -0.4 is 0 Å². The fourth-order valence-corrected chi connectivity index (χ4v) is 6.05. The van der Waals surface area contributed by atoms with Gasteiger partial charge in [-0.25, -0.2) is 0 Å². The highest BCUT2D eigenvalue weighted by Crippen LogP contribution is 2.47. The lowest BCUT2D eigenvalue weighted by Crippen LogP contribution is -1.85. The molecule has 0 N–H and O–H groups in total. The molecule has 0 saturated carbocycles. The maximum atomic E-state index is 6.57. The van der Waals surface area contributed by atoms with Crippen LogP contribution in [0.2, 0.25) is 0 Å². The quantitative estimate of drug-likeness (QED) is 0.253. The zero-order valence-electron chi connectivity index (χ0n) is 17.0. The van der Waals surface area contributed by atoms with E-state index in [2.05, 4.69) is 71.0 Å². The van der Waals surface area contributed by atoms with Crippen molar-refractivity contribution >= 4 is 68.8 Å². The molecule has 2 nitrogen and oxygen atoms in total. The van der Waals surface area contributed by atoms with Crippen LogP contribution in [0, 0.1) is 0 Å². The van der Waals surface area contributed by atoms with E-state index >= 15 is 0 Å². The zero-order chi connectivity index (χ0) is 21.4. The second-order valence-electron chi connectivity index (χ2n) is 7.20. The SMILES string of the molecule is C=Cc1c(/C=C\C)ccc2op(-c3ccccc3Br)oc3ccc4ccccc4c3c12. The molecular formula is C27H20BrO2P. The summed E-state index contributed by atoms with van der Waals surface area (Å²) in [4.78, 5) is 0. The van der Waals surface area contributed by atoms with E-state index in [1.165, 1.54) is 0 Å². The summed E-state index contributed by atoms with van der Waals surface area (Å²) in [6, 6.07) is 24.7. The van der Waals surface area contributed by atoms with Crippen molar-refractivity contribution in [2.45, 2.75) is 6.92 Å². The molecule has 0 aliphatic carbocycles. The van der Waals surface area contributed by atoms with E-state index in [1.54, 1.807) is 0 Å². The molecule has 0 saturated heterocycles. The third kappa shape index (κ3) is 3.44. The Morgan fingerprint density at radius 1 is 0.839 bits per heavy atom. The fourth-order valence-electron chi connectivity index (χ4n) is 3.98. The molecule has 0 aliphatic rings. The van der Waals surface area contributed by atoms with E-state index in [9.17, 15) is 0 Å². The molecule has 5 aromatic rings. The van der Waals surface area contributed by atoms with Crippen LogP contribution in [0.1, 0.15) is 18.1 Å². The number of halogens is 1. The average molecular weight is 487 g/mol. The summed E-state index contributed by atoms with van der Waals surface area (Å²) in [6.45, 7) is 6.15. The summed E-state index contributed by atoms with van der Waals surface area (Å²) in [6.07, 6.45) is 6.06. The van der Waals surface area contributed by atoms with Gasteiger partial charge >= 0.3 is 0 Å². The van der Waals surface area contributed by atoms with Gasteiger partial charge in [-0.05, 0) is 69.0 Å². The lowest BCUT2D eigenvalue weighted by molar-refractivity contribution is 0.650. The number of hydrogen-bond donors (Lipinski definition) is 0. The number of allylic oxidation sites excluding steroid dienone is 1. The van der Waals surface area contributed by atoms with Crippen LogP contribution in [-0.4, -0.2) is 0 Å². The molecule has 0 spiro atoms. The molecule has 0 bridgehead atoms. The zero-order valence-corrected chi connectivity index (χ0v) is 19.5. The van der Waals surface area contributed by atoms with Crippen LogP contribution in [0.5, 0.6) is 0 Å². The van der Waals surface area contributed by atoms with E-state index < -0.39 is 8.01 Å². The van der Waals surface area contributed by atoms with Crippen molar-refractivity contribution in [3.63, 3.8) is 0 Å². The highest BCUT2D eigenvalue weighted by Gasteiger charge is 2.15. The minimum Gasteiger partial charge on any atom is -0.416 e. The molecule has 4 heteroatoms. The summed E-state index contributed by atoms with van der Waals surface area (Å²) < 4.78 is 14.1. The third-order valence-corrected chi connectivity index (χ3v) is 7.85. The van der Waals surface area contributed by atoms with Gasteiger partial charge in [-0.2, -0.15) is 0 Å². The Hall–Kier alpha value is -3.00. The van der Waals surface area contributed by atoms with Gasteiger partial charge in [-0.1, -0.05) is 73.3 Å². The molecule has 1 unspecified atom stereocenters. The third-order valence-electron chi connectivity index (χ3n) is 5.34. The highest BCUT2D eigenvalue weighted by molar-refractivity contribution is 9.10. The van der Waals surface area contributed by atoms with Gasteiger partial charge in [0.25, 0.3) is 8.01 Å². The molecule has 0 radical (unpaired) electrons. The van der Waals surface area contributed by atoms with E-state index in [0.717, 1.165) is 53.6 Å². The minimum atomic E-state index is -1.38.